The van der Waals surface area contributed by atoms with Crippen LogP contribution in [0.25, 0.3) is 0 Å². The number of hydrogen-bond donors (Lipinski definition) is 2. The molecule has 0 saturated heterocycles. The van der Waals surface area contributed by atoms with E-state index in [1.165, 1.54) is 0 Å². The minimum absolute atomic E-state index is 0.332. The smallest absolute Gasteiger partial charge is 0.122 e. The third-order valence-corrected chi connectivity index (χ3v) is 2.77. The first-order chi connectivity index (χ1) is 7.58. The predicted octanol–water partition coefficient (Wildman–Crippen LogP) is 2.02. The topological polar surface area (TPSA) is 49.7 Å². The number of methoxy groups -OCH3 is 1. The highest BCUT2D eigenvalue weighted by Crippen LogP contribution is 2.24. The molecule has 16 heavy (non-hydrogen) atoms. The van der Waals surface area contributed by atoms with E-state index in [1.54, 1.807) is 25.3 Å². The molecule has 2 N–H and O–H groups in total. The van der Waals surface area contributed by atoms with Crippen molar-refractivity contribution in [3.8, 4) is 5.75 Å². The maximum absolute atomic E-state index is 9.73. The molecule has 90 valence electrons. The van der Waals surface area contributed by atoms with E-state index in [1.807, 2.05) is 6.92 Å². The molecule has 1 aromatic carbocycles. The minimum atomic E-state index is -0.794. The van der Waals surface area contributed by atoms with Gasteiger partial charge in [-0.25, -0.2) is 0 Å². The number of benzene rings is 1. The van der Waals surface area contributed by atoms with Gasteiger partial charge in [0, 0.05) is 11.4 Å². The molecule has 4 heteroatoms. The van der Waals surface area contributed by atoms with Crippen LogP contribution < -0.4 is 4.74 Å². The standard InChI is InChI=1S/C12H17ClO3/c1-3-10(14)11(15)7-8-6-9(13)4-5-12(8)16-2/h4-6,10-11,14-15H,3,7H2,1-2H3. The summed E-state index contributed by atoms with van der Waals surface area (Å²) >= 11 is 5.87. The Morgan fingerprint density at radius 2 is 2.00 bits per heavy atom. The van der Waals surface area contributed by atoms with Gasteiger partial charge in [0.1, 0.15) is 5.75 Å². The number of aliphatic hydroxyl groups is 2. The van der Waals surface area contributed by atoms with E-state index < -0.39 is 12.2 Å². The van der Waals surface area contributed by atoms with E-state index in [0.717, 1.165) is 5.56 Å². The van der Waals surface area contributed by atoms with E-state index in [2.05, 4.69) is 0 Å². The highest BCUT2D eigenvalue weighted by atomic mass is 35.5. The molecule has 0 aliphatic carbocycles. The highest BCUT2D eigenvalue weighted by Gasteiger charge is 2.17. The number of rotatable bonds is 5. The first-order valence-corrected chi connectivity index (χ1v) is 5.64. The van der Waals surface area contributed by atoms with Gasteiger partial charge in [-0.1, -0.05) is 18.5 Å². The summed E-state index contributed by atoms with van der Waals surface area (Å²) in [6.45, 7) is 1.82. The second-order valence-corrected chi connectivity index (χ2v) is 4.14. The molecule has 0 amide bonds. The second kappa shape index (κ2) is 6.09. The Labute approximate surface area is 101 Å². The first-order valence-electron chi connectivity index (χ1n) is 5.27. The summed E-state index contributed by atoms with van der Waals surface area (Å²) in [5.41, 5.74) is 0.801. The zero-order chi connectivity index (χ0) is 12.1. The van der Waals surface area contributed by atoms with E-state index in [9.17, 15) is 10.2 Å². The second-order valence-electron chi connectivity index (χ2n) is 3.70. The first kappa shape index (κ1) is 13.3. The van der Waals surface area contributed by atoms with Crippen LogP contribution in [0, 0.1) is 0 Å². The molecular formula is C12H17ClO3. The summed E-state index contributed by atoms with van der Waals surface area (Å²) in [5.74, 6) is 0.673. The van der Waals surface area contributed by atoms with Gasteiger partial charge in [0.25, 0.3) is 0 Å². The zero-order valence-corrected chi connectivity index (χ0v) is 10.2. The Hall–Kier alpha value is -0.770. The molecule has 1 aromatic rings. The van der Waals surface area contributed by atoms with Crippen LogP contribution in [0.2, 0.25) is 5.02 Å². The third kappa shape index (κ3) is 3.37. The molecule has 0 heterocycles. The lowest BCUT2D eigenvalue weighted by Gasteiger charge is -2.17. The molecule has 0 bridgehead atoms. The molecule has 3 nitrogen and oxygen atoms in total. The summed E-state index contributed by atoms with van der Waals surface area (Å²) in [5, 5.41) is 19.8. The van der Waals surface area contributed by atoms with E-state index in [0.29, 0.717) is 23.6 Å². The average molecular weight is 245 g/mol. The molecule has 1 rings (SSSR count). The van der Waals surface area contributed by atoms with Crippen LogP contribution >= 0.6 is 11.6 Å². The van der Waals surface area contributed by atoms with Gasteiger partial charge in [0.05, 0.1) is 19.3 Å². The van der Waals surface area contributed by atoms with Crippen LogP contribution in [0.4, 0.5) is 0 Å². The van der Waals surface area contributed by atoms with E-state index in [4.69, 9.17) is 16.3 Å². The Morgan fingerprint density at radius 1 is 1.31 bits per heavy atom. The Morgan fingerprint density at radius 3 is 2.56 bits per heavy atom. The molecule has 0 aliphatic heterocycles. The number of aliphatic hydroxyl groups excluding tert-OH is 2. The molecule has 2 atom stereocenters. The van der Waals surface area contributed by atoms with Gasteiger partial charge in [-0.2, -0.15) is 0 Å². The van der Waals surface area contributed by atoms with Crippen molar-refractivity contribution in [1.29, 1.82) is 0 Å². The van der Waals surface area contributed by atoms with Crippen molar-refractivity contribution >= 4 is 11.6 Å². The van der Waals surface area contributed by atoms with Gasteiger partial charge in [-0.05, 0) is 30.2 Å². The fourth-order valence-corrected chi connectivity index (χ4v) is 1.73. The Bertz CT molecular complexity index is 341. The monoisotopic (exact) mass is 244 g/mol. The molecular weight excluding hydrogens is 228 g/mol. The molecule has 0 fully saturated rings. The van der Waals surface area contributed by atoms with Crippen molar-refractivity contribution in [1.82, 2.24) is 0 Å². The molecule has 2 unspecified atom stereocenters. The minimum Gasteiger partial charge on any atom is -0.496 e. The molecule has 0 radical (unpaired) electrons. The van der Waals surface area contributed by atoms with Gasteiger partial charge in [0.2, 0.25) is 0 Å². The Balaban J connectivity index is 2.82. The summed E-state index contributed by atoms with van der Waals surface area (Å²) < 4.78 is 5.16. The molecule has 0 aromatic heterocycles. The third-order valence-electron chi connectivity index (χ3n) is 2.53. The maximum atomic E-state index is 9.73. The quantitative estimate of drug-likeness (QED) is 0.833. The van der Waals surface area contributed by atoms with Crippen molar-refractivity contribution in [2.24, 2.45) is 0 Å². The van der Waals surface area contributed by atoms with Crippen LogP contribution in [0.3, 0.4) is 0 Å². The van der Waals surface area contributed by atoms with Gasteiger partial charge in [-0.15, -0.1) is 0 Å². The lowest BCUT2D eigenvalue weighted by molar-refractivity contribution is 0.0179. The van der Waals surface area contributed by atoms with Crippen molar-refractivity contribution in [3.05, 3.63) is 28.8 Å². The van der Waals surface area contributed by atoms with Crippen LogP contribution in [-0.4, -0.2) is 29.5 Å². The van der Waals surface area contributed by atoms with E-state index in [-0.39, 0.29) is 0 Å². The largest absolute Gasteiger partial charge is 0.496 e. The van der Waals surface area contributed by atoms with E-state index >= 15 is 0 Å². The van der Waals surface area contributed by atoms with Crippen LogP contribution in [0.5, 0.6) is 5.75 Å². The van der Waals surface area contributed by atoms with Crippen LogP contribution in [0.1, 0.15) is 18.9 Å². The fourth-order valence-electron chi connectivity index (χ4n) is 1.54. The number of hydrogen-bond acceptors (Lipinski definition) is 3. The Kier molecular flexibility index (Phi) is 5.06. The number of ether oxygens (including phenoxy) is 1. The molecule has 0 aliphatic rings. The van der Waals surface area contributed by atoms with Crippen molar-refractivity contribution in [2.75, 3.05) is 7.11 Å². The van der Waals surface area contributed by atoms with Crippen LogP contribution in [-0.2, 0) is 6.42 Å². The van der Waals surface area contributed by atoms with Gasteiger partial charge in [-0.3, -0.25) is 0 Å². The maximum Gasteiger partial charge on any atom is 0.122 e. The summed E-state index contributed by atoms with van der Waals surface area (Å²) in [6, 6.07) is 5.22. The SMILES string of the molecule is CCC(O)C(O)Cc1cc(Cl)ccc1OC. The van der Waals surface area contributed by atoms with Gasteiger partial charge >= 0.3 is 0 Å². The fraction of sp³-hybridized carbons (Fsp3) is 0.500. The normalized spacial score (nSPS) is 14.6. The molecule has 0 saturated carbocycles. The average Bonchev–Trinajstić information content (AvgIpc) is 2.28. The van der Waals surface area contributed by atoms with Gasteiger partial charge < -0.3 is 14.9 Å². The molecule has 0 spiro atoms. The summed E-state index contributed by atoms with van der Waals surface area (Å²) in [6.07, 6.45) is -0.663. The zero-order valence-electron chi connectivity index (χ0n) is 9.48. The summed E-state index contributed by atoms with van der Waals surface area (Å²) in [7, 11) is 1.56. The van der Waals surface area contributed by atoms with Crippen molar-refractivity contribution in [3.63, 3.8) is 0 Å². The summed E-state index contributed by atoms with van der Waals surface area (Å²) in [4.78, 5) is 0. The lowest BCUT2D eigenvalue weighted by atomic mass is 10.0. The highest BCUT2D eigenvalue weighted by molar-refractivity contribution is 6.30. The van der Waals surface area contributed by atoms with Crippen molar-refractivity contribution in [2.45, 2.75) is 32.0 Å². The van der Waals surface area contributed by atoms with Crippen molar-refractivity contribution < 1.29 is 14.9 Å². The number of halogens is 1. The lowest BCUT2D eigenvalue weighted by Crippen LogP contribution is -2.27. The van der Waals surface area contributed by atoms with Gasteiger partial charge in [0.15, 0.2) is 0 Å². The predicted molar refractivity (Wildman–Crippen MR) is 64.0 cm³/mol. The van der Waals surface area contributed by atoms with Crippen LogP contribution in [0.15, 0.2) is 18.2 Å².